The summed E-state index contributed by atoms with van der Waals surface area (Å²) in [4.78, 5) is 10.9. The van der Waals surface area contributed by atoms with Crippen LogP contribution in [-0.2, 0) is 19.6 Å². The van der Waals surface area contributed by atoms with Gasteiger partial charge in [0.2, 0.25) is 0 Å². The van der Waals surface area contributed by atoms with Gasteiger partial charge in [-0.1, -0.05) is 11.6 Å². The van der Waals surface area contributed by atoms with E-state index in [4.69, 9.17) is 30.7 Å². The monoisotopic (exact) mass is 339 g/mol. The van der Waals surface area contributed by atoms with Crippen LogP contribution in [0, 0.1) is 0 Å². The fourth-order valence-corrected chi connectivity index (χ4v) is 2.11. The first-order valence-corrected chi connectivity index (χ1v) is 7.50. The van der Waals surface area contributed by atoms with E-state index in [1.807, 2.05) is 0 Å². The lowest BCUT2D eigenvalue weighted by Crippen LogP contribution is -2.33. The number of ether oxygens (including phenoxy) is 2. The van der Waals surface area contributed by atoms with Crippen LogP contribution in [0.15, 0.2) is 18.2 Å². The molecule has 1 aromatic rings. The Kier molecular flexibility index (Phi) is 6.37. The molecule has 8 nitrogen and oxygen atoms in total. The van der Waals surface area contributed by atoms with Gasteiger partial charge >= 0.3 is 16.1 Å². The molecule has 0 aliphatic heterocycles. The minimum absolute atomic E-state index is 0.00300. The summed E-state index contributed by atoms with van der Waals surface area (Å²) in [5.41, 5.74) is -1.86. The van der Waals surface area contributed by atoms with E-state index < -0.39 is 21.6 Å². The second-order valence-electron chi connectivity index (χ2n) is 3.85. The summed E-state index contributed by atoms with van der Waals surface area (Å²) >= 11 is 5.70. The molecule has 0 aliphatic carbocycles. The molecule has 0 saturated carbocycles. The Morgan fingerprint density at radius 1 is 1.43 bits per heavy atom. The van der Waals surface area contributed by atoms with Gasteiger partial charge in [-0.15, -0.1) is 0 Å². The molecule has 0 heterocycles. The van der Waals surface area contributed by atoms with Gasteiger partial charge in [-0.2, -0.15) is 8.42 Å². The number of aromatic carboxylic acids is 1. The minimum atomic E-state index is -4.56. The van der Waals surface area contributed by atoms with Gasteiger partial charge in [0.25, 0.3) is 5.56 Å². The Labute approximate surface area is 126 Å². The number of benzene rings is 1. The maximum atomic E-state index is 11.2. The third kappa shape index (κ3) is 5.48. The second-order valence-corrected chi connectivity index (χ2v) is 5.72. The molecule has 0 spiro atoms. The third-order valence-electron chi connectivity index (χ3n) is 2.31. The molecule has 0 saturated heterocycles. The van der Waals surface area contributed by atoms with E-state index in [0.717, 1.165) is 6.07 Å². The van der Waals surface area contributed by atoms with Crippen LogP contribution in [0.4, 0.5) is 5.69 Å². The minimum Gasteiger partial charge on any atom is -0.478 e. The van der Waals surface area contributed by atoms with Gasteiger partial charge in [-0.25, -0.2) is 4.79 Å². The number of hydrogen-bond acceptors (Lipinski definition) is 6. The number of methoxy groups -OCH3 is 1. The molecule has 21 heavy (non-hydrogen) atoms. The van der Waals surface area contributed by atoms with Crippen molar-refractivity contribution in [3.63, 3.8) is 0 Å². The number of carbonyl (C=O) groups is 1. The van der Waals surface area contributed by atoms with Gasteiger partial charge in [0.1, 0.15) is 0 Å². The summed E-state index contributed by atoms with van der Waals surface area (Å²) in [5.74, 6) is -1.27. The van der Waals surface area contributed by atoms with E-state index in [1.54, 1.807) is 0 Å². The standard InChI is InChI=1S/C11H14ClNO7S/c1-19-4-5-20-11(21(16,17)18)13-7-2-3-9(12)8(6-7)10(14)15/h2-3,6,11,13H,4-5H2,1H3,(H,14,15)(H,16,17,18). The van der Waals surface area contributed by atoms with E-state index in [0.29, 0.717) is 0 Å². The highest BCUT2D eigenvalue weighted by atomic mass is 35.5. The van der Waals surface area contributed by atoms with Crippen LogP contribution in [-0.4, -0.2) is 49.9 Å². The quantitative estimate of drug-likeness (QED) is 0.368. The Bertz CT molecular complexity index is 605. The first-order valence-electron chi connectivity index (χ1n) is 5.62. The van der Waals surface area contributed by atoms with E-state index >= 15 is 0 Å². The van der Waals surface area contributed by atoms with E-state index in [9.17, 15) is 13.2 Å². The Balaban J connectivity index is 2.93. The zero-order valence-electron chi connectivity index (χ0n) is 10.9. The average Bonchev–Trinajstić information content (AvgIpc) is 2.38. The number of carboxylic acids is 1. The smallest absolute Gasteiger partial charge is 0.337 e. The van der Waals surface area contributed by atoms with Gasteiger partial charge in [0, 0.05) is 12.8 Å². The molecule has 1 atom stereocenters. The fourth-order valence-electron chi connectivity index (χ4n) is 1.36. The molecule has 1 aromatic carbocycles. The largest absolute Gasteiger partial charge is 0.478 e. The molecule has 0 bridgehead atoms. The van der Waals surface area contributed by atoms with Crippen molar-refractivity contribution < 1.29 is 32.3 Å². The van der Waals surface area contributed by atoms with E-state index in [2.05, 4.69) is 5.32 Å². The molecule has 0 radical (unpaired) electrons. The van der Waals surface area contributed by atoms with Crippen molar-refractivity contribution in [3.8, 4) is 0 Å². The SMILES string of the molecule is COCCOC(Nc1ccc(Cl)c(C(=O)O)c1)S(=O)(=O)O. The summed E-state index contributed by atoms with van der Waals surface area (Å²) in [6, 6.07) is 3.76. The highest BCUT2D eigenvalue weighted by Gasteiger charge is 2.24. The lowest BCUT2D eigenvalue weighted by molar-refractivity contribution is 0.0599. The van der Waals surface area contributed by atoms with Crippen molar-refractivity contribution in [3.05, 3.63) is 28.8 Å². The zero-order valence-corrected chi connectivity index (χ0v) is 12.5. The van der Waals surface area contributed by atoms with Gasteiger partial charge < -0.3 is 19.9 Å². The fraction of sp³-hybridized carbons (Fsp3) is 0.364. The van der Waals surface area contributed by atoms with Crippen molar-refractivity contribution >= 4 is 33.4 Å². The van der Waals surface area contributed by atoms with Crippen LogP contribution >= 0.6 is 11.6 Å². The Hall–Kier alpha value is -1.39. The number of rotatable bonds is 8. The van der Waals surface area contributed by atoms with Crippen LogP contribution in [0.25, 0.3) is 0 Å². The lowest BCUT2D eigenvalue weighted by Gasteiger charge is -2.18. The lowest BCUT2D eigenvalue weighted by atomic mass is 10.2. The number of carboxylic acid groups (broad SMARTS) is 1. The van der Waals surface area contributed by atoms with Crippen molar-refractivity contribution in [2.75, 3.05) is 25.6 Å². The molecule has 0 amide bonds. The van der Waals surface area contributed by atoms with E-state index in [-0.39, 0.29) is 29.5 Å². The maximum absolute atomic E-state index is 11.2. The molecule has 1 unspecified atom stereocenters. The van der Waals surface area contributed by atoms with Crippen molar-refractivity contribution in [1.29, 1.82) is 0 Å². The summed E-state index contributed by atoms with van der Waals surface area (Å²) in [6.07, 6.45) is 0. The van der Waals surface area contributed by atoms with Crippen LogP contribution < -0.4 is 5.32 Å². The van der Waals surface area contributed by atoms with Crippen molar-refractivity contribution in [2.45, 2.75) is 5.56 Å². The van der Waals surface area contributed by atoms with Crippen LogP contribution in [0.3, 0.4) is 0 Å². The molecule has 118 valence electrons. The zero-order chi connectivity index (χ0) is 16.0. The molecule has 0 aliphatic rings. The van der Waals surface area contributed by atoms with Gasteiger partial charge in [-0.05, 0) is 18.2 Å². The van der Waals surface area contributed by atoms with Crippen molar-refractivity contribution in [2.24, 2.45) is 0 Å². The summed E-state index contributed by atoms with van der Waals surface area (Å²) < 4.78 is 41.1. The molecule has 10 heteroatoms. The Morgan fingerprint density at radius 3 is 2.62 bits per heavy atom. The third-order valence-corrected chi connectivity index (χ3v) is 3.43. The number of hydrogen-bond donors (Lipinski definition) is 3. The maximum Gasteiger partial charge on any atom is 0.337 e. The van der Waals surface area contributed by atoms with Crippen LogP contribution in [0.1, 0.15) is 10.4 Å². The Morgan fingerprint density at radius 2 is 2.10 bits per heavy atom. The molecular weight excluding hydrogens is 326 g/mol. The first kappa shape index (κ1) is 17.7. The predicted molar refractivity (Wildman–Crippen MR) is 75.2 cm³/mol. The summed E-state index contributed by atoms with van der Waals surface area (Å²) in [5, 5.41) is 11.3. The summed E-state index contributed by atoms with van der Waals surface area (Å²) in [7, 11) is -3.16. The topological polar surface area (TPSA) is 122 Å². The van der Waals surface area contributed by atoms with Gasteiger partial charge in [-0.3, -0.25) is 4.55 Å². The molecular formula is C11H14ClNO7S. The normalized spacial score (nSPS) is 12.9. The number of halogens is 1. The molecule has 3 N–H and O–H groups in total. The second kappa shape index (κ2) is 7.57. The molecule has 0 fully saturated rings. The van der Waals surface area contributed by atoms with Gasteiger partial charge in [0.05, 0.1) is 23.8 Å². The van der Waals surface area contributed by atoms with Gasteiger partial charge in [0.15, 0.2) is 0 Å². The van der Waals surface area contributed by atoms with Crippen LogP contribution in [0.5, 0.6) is 0 Å². The number of nitrogens with one attached hydrogen (secondary N) is 1. The number of anilines is 1. The van der Waals surface area contributed by atoms with Crippen LogP contribution in [0.2, 0.25) is 5.02 Å². The average molecular weight is 340 g/mol. The van der Waals surface area contributed by atoms with E-state index in [1.165, 1.54) is 19.2 Å². The first-order chi connectivity index (χ1) is 9.75. The highest BCUT2D eigenvalue weighted by Crippen LogP contribution is 2.21. The predicted octanol–water partition coefficient (Wildman–Crippen LogP) is 1.28. The van der Waals surface area contributed by atoms with Crippen molar-refractivity contribution in [1.82, 2.24) is 0 Å². The molecule has 1 rings (SSSR count). The summed E-state index contributed by atoms with van der Waals surface area (Å²) in [6.45, 7) is 0.0298. The molecule has 0 aromatic heterocycles. The highest BCUT2D eigenvalue weighted by molar-refractivity contribution is 7.86.